The number of H-pyrrole nitrogens is 1. The van der Waals surface area contributed by atoms with Gasteiger partial charge in [-0.15, -0.1) is 0 Å². The molecule has 0 radical (unpaired) electrons. The van der Waals surface area contributed by atoms with Crippen LogP contribution in [0.4, 0.5) is 0 Å². The summed E-state index contributed by atoms with van der Waals surface area (Å²) >= 11 is 12.3. The van der Waals surface area contributed by atoms with E-state index >= 15 is 0 Å². The molecular weight excluding hydrogens is 487 g/mol. The number of fused-ring (bicyclic) bond motifs is 1. The molecule has 3 aromatic carbocycles. The third kappa shape index (κ3) is 6.09. The maximum absolute atomic E-state index is 12.1. The van der Waals surface area contributed by atoms with Crippen molar-refractivity contribution >= 4 is 40.1 Å². The molecule has 1 aromatic heterocycles. The molecule has 1 atom stereocenters. The smallest absolute Gasteiger partial charge is 0.321 e. The summed E-state index contributed by atoms with van der Waals surface area (Å²) in [6.45, 7) is 2.86. The van der Waals surface area contributed by atoms with E-state index in [9.17, 15) is 9.90 Å². The molecule has 0 spiro atoms. The number of carbonyl (C=O) groups is 1. The first-order chi connectivity index (χ1) is 17.0. The van der Waals surface area contributed by atoms with Gasteiger partial charge in [0, 0.05) is 51.2 Å². The number of carboxylic acid groups (broad SMARTS) is 1. The van der Waals surface area contributed by atoms with Gasteiger partial charge in [0.05, 0.1) is 6.61 Å². The maximum atomic E-state index is 12.1. The van der Waals surface area contributed by atoms with Crippen LogP contribution in [0, 0.1) is 0 Å². The van der Waals surface area contributed by atoms with E-state index in [4.69, 9.17) is 32.7 Å². The molecule has 6 nitrogen and oxygen atoms in total. The number of rotatable bonds is 11. The summed E-state index contributed by atoms with van der Waals surface area (Å²) in [6.07, 6.45) is 2.20. The minimum atomic E-state index is -0.924. The first-order valence-electron chi connectivity index (χ1n) is 11.3. The molecule has 0 unspecified atom stereocenters. The van der Waals surface area contributed by atoms with E-state index in [-0.39, 0.29) is 13.2 Å². The highest BCUT2D eigenvalue weighted by Crippen LogP contribution is 2.33. The zero-order valence-corrected chi connectivity index (χ0v) is 20.7. The van der Waals surface area contributed by atoms with Crippen LogP contribution in [0.1, 0.15) is 23.6 Å². The molecule has 0 amide bonds. The summed E-state index contributed by atoms with van der Waals surface area (Å²) in [6, 6.07) is 17.9. The lowest BCUT2D eigenvalue weighted by atomic mass is 10.0. The highest BCUT2D eigenvalue weighted by molar-refractivity contribution is 6.35. The molecule has 35 heavy (non-hydrogen) atoms. The topological polar surface area (TPSA) is 83.6 Å². The van der Waals surface area contributed by atoms with Crippen LogP contribution in [-0.4, -0.2) is 28.7 Å². The maximum Gasteiger partial charge on any atom is 0.321 e. The average Bonchev–Trinajstić information content (AvgIpc) is 3.25. The lowest BCUT2D eigenvalue weighted by molar-refractivity contribution is -0.139. The summed E-state index contributed by atoms with van der Waals surface area (Å²) < 4.78 is 11.9. The molecule has 4 rings (SSSR count). The zero-order chi connectivity index (χ0) is 24.8. The molecule has 0 aliphatic carbocycles. The van der Waals surface area contributed by atoms with Gasteiger partial charge in [-0.25, -0.2) is 0 Å². The van der Waals surface area contributed by atoms with Gasteiger partial charge in [0.1, 0.15) is 12.6 Å². The number of aromatic nitrogens is 1. The van der Waals surface area contributed by atoms with Crippen LogP contribution in [0.15, 0.2) is 66.9 Å². The van der Waals surface area contributed by atoms with E-state index in [1.165, 1.54) is 0 Å². The van der Waals surface area contributed by atoms with Crippen molar-refractivity contribution in [3.8, 4) is 11.5 Å². The van der Waals surface area contributed by atoms with E-state index in [1.807, 2.05) is 61.7 Å². The predicted octanol–water partition coefficient (Wildman–Crippen LogP) is 6.24. The van der Waals surface area contributed by atoms with Crippen LogP contribution in [-0.2, 0) is 24.4 Å². The minimum absolute atomic E-state index is 0.213. The third-order valence-corrected chi connectivity index (χ3v) is 6.27. The number of halogens is 2. The molecule has 3 N–H and O–H groups in total. The SMILES string of the molecule is CCOc1cccc(CN[C@H](Cc2c[nH]c3ccccc23)C(=O)O)c1OCc1ccc(Cl)cc1Cl. The third-order valence-electron chi connectivity index (χ3n) is 5.68. The summed E-state index contributed by atoms with van der Waals surface area (Å²) in [5.74, 6) is 0.205. The molecule has 4 aromatic rings. The van der Waals surface area contributed by atoms with Gasteiger partial charge in [-0.05, 0) is 36.8 Å². The van der Waals surface area contributed by atoms with Crippen molar-refractivity contribution in [2.45, 2.75) is 32.5 Å². The Morgan fingerprint density at radius 2 is 1.86 bits per heavy atom. The molecule has 0 aliphatic heterocycles. The lowest BCUT2D eigenvalue weighted by Crippen LogP contribution is -2.38. The van der Waals surface area contributed by atoms with Crippen LogP contribution in [0.2, 0.25) is 10.0 Å². The zero-order valence-electron chi connectivity index (χ0n) is 19.2. The van der Waals surface area contributed by atoms with Gasteiger partial charge in [0.15, 0.2) is 11.5 Å². The van der Waals surface area contributed by atoms with E-state index < -0.39 is 12.0 Å². The second-order valence-electron chi connectivity index (χ2n) is 8.04. The molecule has 0 saturated carbocycles. The van der Waals surface area contributed by atoms with Crippen LogP contribution in [0.25, 0.3) is 10.9 Å². The largest absolute Gasteiger partial charge is 0.490 e. The number of ether oxygens (including phenoxy) is 2. The Hall–Kier alpha value is -3.19. The molecular formula is C27H26Cl2N2O4. The normalized spacial score (nSPS) is 12.0. The van der Waals surface area contributed by atoms with E-state index in [2.05, 4.69) is 10.3 Å². The summed E-state index contributed by atoms with van der Waals surface area (Å²) in [5, 5.41) is 15.1. The van der Waals surface area contributed by atoms with Gasteiger partial charge in [-0.2, -0.15) is 0 Å². The predicted molar refractivity (Wildman–Crippen MR) is 139 cm³/mol. The second-order valence-corrected chi connectivity index (χ2v) is 8.88. The highest BCUT2D eigenvalue weighted by atomic mass is 35.5. The molecule has 0 fully saturated rings. The van der Waals surface area contributed by atoms with Crippen molar-refractivity contribution in [2.75, 3.05) is 6.61 Å². The first-order valence-corrected chi connectivity index (χ1v) is 12.0. The number of benzene rings is 3. The van der Waals surface area contributed by atoms with E-state index in [1.54, 1.807) is 12.1 Å². The Labute approximate surface area is 213 Å². The number of aromatic amines is 1. The summed E-state index contributed by atoms with van der Waals surface area (Å²) in [4.78, 5) is 15.3. The summed E-state index contributed by atoms with van der Waals surface area (Å²) in [7, 11) is 0. The highest BCUT2D eigenvalue weighted by Gasteiger charge is 2.21. The number of carboxylic acids is 1. The van der Waals surface area contributed by atoms with Crippen molar-refractivity contribution in [1.82, 2.24) is 10.3 Å². The molecule has 0 bridgehead atoms. The Balaban J connectivity index is 1.52. The number of para-hydroxylation sites is 2. The van der Waals surface area contributed by atoms with Crippen molar-refractivity contribution in [1.29, 1.82) is 0 Å². The molecule has 182 valence electrons. The standard InChI is InChI=1S/C27H26Cl2N2O4/c1-2-34-25-9-5-6-17(26(25)35-16-18-10-11-20(28)13-22(18)29)14-31-24(27(32)33)12-19-15-30-23-8-4-3-7-21(19)23/h3-11,13,15,24,30-31H,2,12,14,16H2,1H3,(H,32,33)/t24-/m1/s1. The van der Waals surface area contributed by atoms with Crippen molar-refractivity contribution in [2.24, 2.45) is 0 Å². The first kappa shape index (κ1) is 24.9. The van der Waals surface area contributed by atoms with Crippen molar-refractivity contribution in [3.05, 3.63) is 93.6 Å². The Morgan fingerprint density at radius 3 is 2.63 bits per heavy atom. The Morgan fingerprint density at radius 1 is 1.03 bits per heavy atom. The minimum Gasteiger partial charge on any atom is -0.490 e. The van der Waals surface area contributed by atoms with Gasteiger partial charge in [0.2, 0.25) is 0 Å². The Bertz CT molecular complexity index is 1320. The van der Waals surface area contributed by atoms with E-state index in [0.29, 0.717) is 34.6 Å². The van der Waals surface area contributed by atoms with Gasteiger partial charge in [0.25, 0.3) is 0 Å². The molecule has 0 saturated heterocycles. The molecule has 1 heterocycles. The van der Waals surface area contributed by atoms with Gasteiger partial charge >= 0.3 is 5.97 Å². The fraction of sp³-hybridized carbons (Fsp3) is 0.222. The second kappa shape index (κ2) is 11.5. The molecule has 8 heteroatoms. The quantitative estimate of drug-likeness (QED) is 0.221. The fourth-order valence-electron chi connectivity index (χ4n) is 3.92. The fourth-order valence-corrected chi connectivity index (χ4v) is 4.39. The lowest BCUT2D eigenvalue weighted by Gasteiger charge is -2.19. The average molecular weight is 513 g/mol. The number of hydrogen-bond donors (Lipinski definition) is 3. The monoisotopic (exact) mass is 512 g/mol. The number of hydrogen-bond acceptors (Lipinski definition) is 4. The number of aliphatic carboxylic acids is 1. The van der Waals surface area contributed by atoms with Gasteiger partial charge < -0.3 is 19.6 Å². The number of nitrogens with one attached hydrogen (secondary N) is 2. The van der Waals surface area contributed by atoms with Crippen molar-refractivity contribution in [3.63, 3.8) is 0 Å². The van der Waals surface area contributed by atoms with E-state index in [0.717, 1.165) is 27.6 Å². The molecule has 0 aliphatic rings. The van der Waals surface area contributed by atoms with Crippen LogP contribution >= 0.6 is 23.2 Å². The van der Waals surface area contributed by atoms with Gasteiger partial charge in [-0.3, -0.25) is 10.1 Å². The van der Waals surface area contributed by atoms with Crippen LogP contribution in [0.3, 0.4) is 0 Å². The van der Waals surface area contributed by atoms with Gasteiger partial charge in [-0.1, -0.05) is 59.6 Å². The van der Waals surface area contributed by atoms with Crippen LogP contribution in [0.5, 0.6) is 11.5 Å². The Kier molecular flexibility index (Phi) is 8.18. The van der Waals surface area contributed by atoms with Crippen LogP contribution < -0.4 is 14.8 Å². The van der Waals surface area contributed by atoms with Crippen molar-refractivity contribution < 1.29 is 19.4 Å². The summed E-state index contributed by atoms with van der Waals surface area (Å²) in [5.41, 5.74) is 3.49.